The number of carbonyl (C=O) groups excluding carboxylic acids is 1. The first-order chi connectivity index (χ1) is 7.63. The second-order valence-corrected chi connectivity index (χ2v) is 4.55. The van der Waals surface area contributed by atoms with Crippen LogP contribution in [0.15, 0.2) is 12.2 Å². The van der Waals surface area contributed by atoms with Crippen molar-refractivity contribution in [3.8, 4) is 0 Å². The van der Waals surface area contributed by atoms with Gasteiger partial charge in [-0.3, -0.25) is 4.79 Å². The van der Waals surface area contributed by atoms with Crippen molar-refractivity contribution in [1.29, 1.82) is 0 Å². The van der Waals surface area contributed by atoms with E-state index in [2.05, 4.69) is 10.6 Å². The van der Waals surface area contributed by atoms with E-state index in [0.29, 0.717) is 13.0 Å². The van der Waals surface area contributed by atoms with Gasteiger partial charge in [0, 0.05) is 12.3 Å². The van der Waals surface area contributed by atoms with E-state index in [-0.39, 0.29) is 12.1 Å². The maximum Gasteiger partial charge on any atom is 0.315 e. The third-order valence-corrected chi connectivity index (χ3v) is 2.92. The van der Waals surface area contributed by atoms with Crippen molar-refractivity contribution in [2.75, 3.05) is 18.6 Å². The molecule has 0 saturated carbocycles. The Hall–Kier alpha value is -1.17. The van der Waals surface area contributed by atoms with Gasteiger partial charge in [0.1, 0.15) is 0 Å². The fourth-order valence-corrected chi connectivity index (χ4v) is 1.78. The van der Waals surface area contributed by atoms with Crippen molar-refractivity contribution in [3.05, 3.63) is 12.2 Å². The van der Waals surface area contributed by atoms with Gasteiger partial charge in [-0.2, -0.15) is 11.8 Å². The summed E-state index contributed by atoms with van der Waals surface area (Å²) in [4.78, 5) is 22.0. The van der Waals surface area contributed by atoms with E-state index in [4.69, 9.17) is 5.11 Å². The van der Waals surface area contributed by atoms with Crippen molar-refractivity contribution >= 4 is 23.8 Å². The zero-order valence-electron chi connectivity index (χ0n) is 9.10. The van der Waals surface area contributed by atoms with Gasteiger partial charge < -0.3 is 15.7 Å². The highest BCUT2D eigenvalue weighted by Gasteiger charge is 2.25. The highest BCUT2D eigenvalue weighted by Crippen LogP contribution is 2.17. The summed E-state index contributed by atoms with van der Waals surface area (Å²) >= 11 is 1.66. The Balaban J connectivity index is 2.21. The summed E-state index contributed by atoms with van der Waals surface area (Å²) in [5, 5.41) is 14.2. The molecule has 0 fully saturated rings. The minimum absolute atomic E-state index is 0.171. The van der Waals surface area contributed by atoms with Crippen molar-refractivity contribution in [2.45, 2.75) is 12.5 Å². The van der Waals surface area contributed by atoms with Gasteiger partial charge in [0.15, 0.2) is 0 Å². The van der Waals surface area contributed by atoms with Crippen LogP contribution >= 0.6 is 11.8 Å². The Labute approximate surface area is 98.7 Å². The van der Waals surface area contributed by atoms with E-state index < -0.39 is 11.9 Å². The van der Waals surface area contributed by atoms with E-state index in [9.17, 15) is 9.59 Å². The topological polar surface area (TPSA) is 78.4 Å². The summed E-state index contributed by atoms with van der Waals surface area (Å²) in [5.41, 5.74) is 0. The van der Waals surface area contributed by atoms with Crippen molar-refractivity contribution < 1.29 is 14.7 Å². The Bertz CT molecular complexity index is 294. The molecule has 2 atom stereocenters. The van der Waals surface area contributed by atoms with Crippen LogP contribution in [0, 0.1) is 5.92 Å². The molecule has 6 heteroatoms. The number of rotatable bonds is 5. The predicted molar refractivity (Wildman–Crippen MR) is 63.6 cm³/mol. The summed E-state index contributed by atoms with van der Waals surface area (Å²) in [6.45, 7) is 0.617. The van der Waals surface area contributed by atoms with Crippen LogP contribution in [-0.2, 0) is 4.79 Å². The summed E-state index contributed by atoms with van der Waals surface area (Å²) in [5.74, 6) is -0.453. The lowest BCUT2D eigenvalue weighted by Gasteiger charge is -2.12. The van der Waals surface area contributed by atoms with Crippen molar-refractivity contribution in [1.82, 2.24) is 10.6 Å². The number of thioether (sulfide) groups is 1. The number of nitrogens with one attached hydrogen (secondary N) is 2. The molecule has 3 N–H and O–H groups in total. The van der Waals surface area contributed by atoms with Gasteiger partial charge in [0.2, 0.25) is 0 Å². The summed E-state index contributed by atoms with van der Waals surface area (Å²) < 4.78 is 0. The van der Waals surface area contributed by atoms with Crippen LogP contribution < -0.4 is 10.6 Å². The number of aliphatic carboxylic acids is 1. The highest BCUT2D eigenvalue weighted by atomic mass is 32.2. The Morgan fingerprint density at radius 3 is 2.81 bits per heavy atom. The Kier molecular flexibility index (Phi) is 5.18. The lowest BCUT2D eigenvalue weighted by Crippen LogP contribution is -2.41. The third kappa shape index (κ3) is 4.14. The molecule has 16 heavy (non-hydrogen) atoms. The van der Waals surface area contributed by atoms with Crippen LogP contribution in [0.1, 0.15) is 6.42 Å². The predicted octanol–water partition coefficient (Wildman–Crippen LogP) is 0.678. The molecule has 5 nitrogen and oxygen atoms in total. The van der Waals surface area contributed by atoms with E-state index in [1.807, 2.05) is 6.26 Å². The van der Waals surface area contributed by atoms with Gasteiger partial charge in [-0.05, 0) is 12.7 Å². The normalized spacial score (nSPS) is 23.1. The fraction of sp³-hybridized carbons (Fsp3) is 0.600. The number of carboxylic acids is 1. The van der Waals surface area contributed by atoms with Crippen molar-refractivity contribution in [2.24, 2.45) is 5.92 Å². The molecule has 0 saturated heterocycles. The zero-order chi connectivity index (χ0) is 12.0. The van der Waals surface area contributed by atoms with E-state index in [0.717, 1.165) is 5.75 Å². The van der Waals surface area contributed by atoms with Crippen LogP contribution in [0.5, 0.6) is 0 Å². The molecule has 0 radical (unpaired) electrons. The molecule has 1 aliphatic rings. The quantitative estimate of drug-likeness (QED) is 0.491. The molecule has 0 bridgehead atoms. The largest absolute Gasteiger partial charge is 0.481 e. The van der Waals surface area contributed by atoms with E-state index in [1.54, 1.807) is 23.9 Å². The van der Waals surface area contributed by atoms with E-state index in [1.165, 1.54) is 0 Å². The Morgan fingerprint density at radius 2 is 2.25 bits per heavy atom. The molecule has 2 unspecified atom stereocenters. The first kappa shape index (κ1) is 12.9. The number of urea groups is 1. The lowest BCUT2D eigenvalue weighted by molar-refractivity contribution is -0.140. The van der Waals surface area contributed by atoms with Gasteiger partial charge in [-0.1, -0.05) is 12.2 Å². The molecule has 0 aliphatic heterocycles. The standard InChI is InChI=1S/C10H16N2O3S/c1-16-5-4-11-10(15)12-8-3-2-7(6-8)9(13)14/h2-3,7-8H,4-6H2,1H3,(H,13,14)(H2,11,12,15). The zero-order valence-corrected chi connectivity index (χ0v) is 9.92. The molecule has 0 aromatic rings. The summed E-state index contributed by atoms with van der Waals surface area (Å²) in [6, 6.07) is -0.412. The number of amides is 2. The smallest absolute Gasteiger partial charge is 0.315 e. The van der Waals surface area contributed by atoms with Crippen molar-refractivity contribution in [3.63, 3.8) is 0 Å². The lowest BCUT2D eigenvalue weighted by atomic mass is 10.1. The van der Waals surface area contributed by atoms with Gasteiger partial charge in [-0.15, -0.1) is 0 Å². The molecule has 2 amide bonds. The fourth-order valence-electron chi connectivity index (χ4n) is 1.48. The molecule has 0 aromatic heterocycles. The Morgan fingerprint density at radius 1 is 1.50 bits per heavy atom. The number of hydrogen-bond acceptors (Lipinski definition) is 3. The molecular weight excluding hydrogens is 228 g/mol. The van der Waals surface area contributed by atoms with Crippen LogP contribution in [0.4, 0.5) is 4.79 Å². The maximum atomic E-state index is 11.3. The second kappa shape index (κ2) is 6.42. The van der Waals surface area contributed by atoms with Crippen LogP contribution in [0.3, 0.4) is 0 Å². The molecule has 1 rings (SSSR count). The molecular formula is C10H16N2O3S. The van der Waals surface area contributed by atoms with E-state index >= 15 is 0 Å². The highest BCUT2D eigenvalue weighted by molar-refractivity contribution is 7.98. The van der Waals surface area contributed by atoms with Crippen LogP contribution in [-0.4, -0.2) is 41.7 Å². The third-order valence-electron chi connectivity index (χ3n) is 2.31. The average Bonchev–Trinajstić information content (AvgIpc) is 2.66. The van der Waals surface area contributed by atoms with Gasteiger partial charge in [0.05, 0.1) is 12.0 Å². The number of carbonyl (C=O) groups is 2. The molecule has 90 valence electrons. The molecule has 0 spiro atoms. The SMILES string of the molecule is CSCCNC(=O)NC1C=CC(C(=O)O)C1. The van der Waals surface area contributed by atoms with Gasteiger partial charge in [-0.25, -0.2) is 4.79 Å². The molecule has 0 heterocycles. The summed E-state index contributed by atoms with van der Waals surface area (Å²) in [6.07, 6.45) is 5.75. The minimum atomic E-state index is -0.844. The molecule has 0 aromatic carbocycles. The first-order valence-electron chi connectivity index (χ1n) is 5.08. The summed E-state index contributed by atoms with van der Waals surface area (Å²) in [7, 11) is 0. The molecule has 1 aliphatic carbocycles. The number of hydrogen-bond donors (Lipinski definition) is 3. The van der Waals surface area contributed by atoms with Crippen LogP contribution in [0.2, 0.25) is 0 Å². The van der Waals surface area contributed by atoms with Gasteiger partial charge >= 0.3 is 12.0 Å². The van der Waals surface area contributed by atoms with Gasteiger partial charge in [0.25, 0.3) is 0 Å². The second-order valence-electron chi connectivity index (χ2n) is 3.56. The monoisotopic (exact) mass is 244 g/mol. The number of carboxylic acid groups (broad SMARTS) is 1. The maximum absolute atomic E-state index is 11.3. The first-order valence-corrected chi connectivity index (χ1v) is 6.47. The minimum Gasteiger partial charge on any atom is -0.481 e. The van der Waals surface area contributed by atoms with Crippen LogP contribution in [0.25, 0.3) is 0 Å². The average molecular weight is 244 g/mol.